The van der Waals surface area contributed by atoms with Gasteiger partial charge in [-0.15, -0.1) is 8.78 Å². The van der Waals surface area contributed by atoms with E-state index in [0.717, 1.165) is 18.2 Å². The normalized spacial score (nSPS) is 16.2. The summed E-state index contributed by atoms with van der Waals surface area (Å²) in [6.07, 6.45) is -9.21. The van der Waals surface area contributed by atoms with E-state index in [1.165, 1.54) is 30.2 Å². The third-order valence-corrected chi connectivity index (χ3v) is 6.61. The Morgan fingerprint density at radius 3 is 2.18 bits per heavy atom. The van der Waals surface area contributed by atoms with Crippen LogP contribution >= 0.6 is 0 Å². The molecular weight excluding hydrogens is 604 g/mol. The first kappa shape index (κ1) is 30.5. The number of amides is 3. The summed E-state index contributed by atoms with van der Waals surface area (Å²) in [6.45, 7) is 1.65. The number of β-amino-alcohol motifs (C(OH)–C–C–N with tert-alkyl or cyclic N) is 1. The van der Waals surface area contributed by atoms with Crippen LogP contribution in [0, 0.1) is 5.82 Å². The van der Waals surface area contributed by atoms with Gasteiger partial charge in [-0.1, -0.05) is 0 Å². The average molecular weight is 625 g/mol. The number of aliphatic hydroxyl groups is 1. The van der Waals surface area contributed by atoms with Crippen LogP contribution in [0.25, 0.3) is 0 Å². The van der Waals surface area contributed by atoms with Crippen molar-refractivity contribution in [2.75, 3.05) is 30.8 Å². The Hall–Kier alpha value is -4.99. The number of rotatable bonds is 6. The molecule has 0 bridgehead atoms. The summed E-state index contributed by atoms with van der Waals surface area (Å²) >= 11 is 0. The molecule has 0 aliphatic carbocycles. The minimum absolute atomic E-state index is 0.0149. The van der Waals surface area contributed by atoms with E-state index in [1.54, 1.807) is 6.92 Å². The molecule has 2 aliphatic heterocycles. The highest BCUT2D eigenvalue weighted by atomic mass is 19.4. The molecule has 0 aromatic heterocycles. The highest BCUT2D eigenvalue weighted by molar-refractivity contribution is 6.14. The standard InChI is InChI=1S/C28H21F6N3O7/c1-26(41)11-37(12-26)25(40)13-3-6-20(42-2)16(7-13)24(39)36-19-10-22-21(43-28(33,34)44-22)9-15(19)23(38)35-14-4-5-18(29)17(8-14)27(30,31)32/h3-10,41H,11-12H2,1-2H3,(H,35,38)(H,36,39). The van der Waals surface area contributed by atoms with E-state index in [9.17, 15) is 45.8 Å². The van der Waals surface area contributed by atoms with Crippen molar-refractivity contribution in [2.45, 2.75) is 25.0 Å². The second-order valence-electron chi connectivity index (χ2n) is 10.2. The zero-order chi connectivity index (χ0) is 32.2. The first-order chi connectivity index (χ1) is 20.5. The summed E-state index contributed by atoms with van der Waals surface area (Å²) in [5.41, 5.74) is -4.38. The molecule has 16 heteroatoms. The van der Waals surface area contributed by atoms with E-state index in [4.69, 9.17) is 4.74 Å². The third kappa shape index (κ3) is 6.06. The van der Waals surface area contributed by atoms with Gasteiger partial charge < -0.3 is 34.9 Å². The number of carbonyl (C=O) groups excluding carboxylic acids is 3. The van der Waals surface area contributed by atoms with Crippen LogP contribution in [0.3, 0.4) is 0 Å². The molecule has 0 spiro atoms. The van der Waals surface area contributed by atoms with Crippen LogP contribution in [0.5, 0.6) is 17.2 Å². The number of ether oxygens (including phenoxy) is 3. The third-order valence-electron chi connectivity index (χ3n) is 6.61. The number of benzene rings is 3. The summed E-state index contributed by atoms with van der Waals surface area (Å²) < 4.78 is 94.8. The number of hydrogen-bond acceptors (Lipinski definition) is 7. The smallest absolute Gasteiger partial charge is 0.496 e. The number of likely N-dealkylation sites (tertiary alicyclic amines) is 1. The Kier molecular flexibility index (Phi) is 7.36. The van der Waals surface area contributed by atoms with Crippen molar-refractivity contribution in [1.29, 1.82) is 0 Å². The molecule has 0 atom stereocenters. The second-order valence-corrected chi connectivity index (χ2v) is 10.2. The monoisotopic (exact) mass is 625 g/mol. The van der Waals surface area contributed by atoms with Gasteiger partial charge >= 0.3 is 12.5 Å². The maximum absolute atomic E-state index is 13.8. The van der Waals surface area contributed by atoms with E-state index in [0.29, 0.717) is 12.1 Å². The lowest BCUT2D eigenvalue weighted by Gasteiger charge is -2.44. The van der Waals surface area contributed by atoms with Crippen LogP contribution in [0.1, 0.15) is 43.6 Å². The minimum Gasteiger partial charge on any atom is -0.496 e. The fourth-order valence-electron chi connectivity index (χ4n) is 4.62. The number of nitrogens with zero attached hydrogens (tertiary/aromatic N) is 1. The van der Waals surface area contributed by atoms with Crippen molar-refractivity contribution in [1.82, 2.24) is 4.90 Å². The van der Waals surface area contributed by atoms with E-state index in [-0.39, 0.29) is 30.0 Å². The van der Waals surface area contributed by atoms with Gasteiger partial charge in [0, 0.05) is 17.3 Å². The van der Waals surface area contributed by atoms with Crippen LogP contribution < -0.4 is 24.8 Å². The molecule has 0 unspecified atom stereocenters. The molecular formula is C28H21F6N3O7. The molecule has 1 saturated heterocycles. The van der Waals surface area contributed by atoms with E-state index in [2.05, 4.69) is 20.1 Å². The maximum atomic E-state index is 13.8. The van der Waals surface area contributed by atoms with Gasteiger partial charge in [0.05, 0.1) is 48.2 Å². The number of fused-ring (bicyclic) bond motifs is 1. The molecule has 5 rings (SSSR count). The fraction of sp³-hybridized carbons (Fsp3) is 0.250. The van der Waals surface area contributed by atoms with Gasteiger partial charge in [-0.2, -0.15) is 13.2 Å². The van der Waals surface area contributed by atoms with Crippen molar-refractivity contribution in [3.8, 4) is 17.2 Å². The lowest BCUT2D eigenvalue weighted by atomic mass is 9.95. The van der Waals surface area contributed by atoms with Crippen LogP contribution in [0.15, 0.2) is 48.5 Å². The number of nitrogens with one attached hydrogen (secondary N) is 2. The molecule has 3 N–H and O–H groups in total. The van der Waals surface area contributed by atoms with Gasteiger partial charge in [-0.05, 0) is 49.4 Å². The summed E-state index contributed by atoms with van der Waals surface area (Å²) in [7, 11) is 1.24. The number of alkyl halides is 5. The molecule has 3 aromatic carbocycles. The summed E-state index contributed by atoms with van der Waals surface area (Å²) in [4.78, 5) is 40.8. The summed E-state index contributed by atoms with van der Waals surface area (Å²) in [5, 5.41) is 14.4. The minimum atomic E-state index is -5.09. The number of hydrogen-bond donors (Lipinski definition) is 3. The van der Waals surface area contributed by atoms with Gasteiger partial charge in [0.2, 0.25) is 0 Å². The largest absolute Gasteiger partial charge is 0.586 e. The molecule has 3 amide bonds. The lowest BCUT2D eigenvalue weighted by Crippen LogP contribution is -2.61. The molecule has 3 aromatic rings. The molecule has 1 fully saturated rings. The van der Waals surface area contributed by atoms with E-state index < -0.39 is 75.6 Å². The van der Waals surface area contributed by atoms with Crippen molar-refractivity contribution in [2.24, 2.45) is 0 Å². The highest BCUT2D eigenvalue weighted by Crippen LogP contribution is 2.44. The topological polar surface area (TPSA) is 126 Å². The zero-order valence-corrected chi connectivity index (χ0v) is 22.6. The Bertz CT molecular complexity index is 1680. The predicted octanol–water partition coefficient (Wildman–Crippen LogP) is 4.89. The summed E-state index contributed by atoms with van der Waals surface area (Å²) in [6, 6.07) is 7.13. The number of carbonyl (C=O) groups is 3. The predicted molar refractivity (Wildman–Crippen MR) is 139 cm³/mol. The van der Waals surface area contributed by atoms with Gasteiger partial charge in [-0.25, -0.2) is 4.39 Å². The zero-order valence-electron chi connectivity index (χ0n) is 22.6. The molecule has 44 heavy (non-hydrogen) atoms. The Morgan fingerprint density at radius 2 is 1.57 bits per heavy atom. The van der Waals surface area contributed by atoms with E-state index in [1.807, 2.05) is 0 Å². The van der Waals surface area contributed by atoms with Gasteiger partial charge in [-0.3, -0.25) is 14.4 Å². The van der Waals surface area contributed by atoms with Gasteiger partial charge in [0.15, 0.2) is 11.5 Å². The van der Waals surface area contributed by atoms with Crippen LogP contribution in [0.2, 0.25) is 0 Å². The number of methoxy groups -OCH3 is 1. The molecule has 2 aliphatic rings. The van der Waals surface area contributed by atoms with Gasteiger partial charge in [0.25, 0.3) is 17.7 Å². The first-order valence-electron chi connectivity index (χ1n) is 12.6. The summed E-state index contributed by atoms with van der Waals surface area (Å²) in [5.74, 6) is -5.49. The van der Waals surface area contributed by atoms with Crippen molar-refractivity contribution >= 4 is 29.1 Å². The maximum Gasteiger partial charge on any atom is 0.586 e. The number of anilines is 2. The molecule has 232 valence electrons. The van der Waals surface area contributed by atoms with Crippen molar-refractivity contribution in [3.63, 3.8) is 0 Å². The second kappa shape index (κ2) is 10.6. The Labute approximate surface area is 244 Å². The molecule has 10 nitrogen and oxygen atoms in total. The number of halogens is 6. The van der Waals surface area contributed by atoms with Crippen molar-refractivity contribution < 1.29 is 60.0 Å². The fourth-order valence-corrected chi connectivity index (χ4v) is 4.62. The lowest BCUT2D eigenvalue weighted by molar-refractivity contribution is -0.286. The average Bonchev–Trinajstić information content (AvgIpc) is 3.23. The SMILES string of the molecule is COc1ccc(C(=O)N2CC(C)(O)C2)cc1C(=O)Nc1cc2c(cc1C(=O)Nc1ccc(F)c(C(F)(F)F)c1)OC(F)(F)O2. The molecule has 0 radical (unpaired) electrons. The highest BCUT2D eigenvalue weighted by Gasteiger charge is 2.44. The van der Waals surface area contributed by atoms with Crippen LogP contribution in [0.4, 0.5) is 37.7 Å². The van der Waals surface area contributed by atoms with Crippen LogP contribution in [-0.4, -0.2) is 59.8 Å². The molecule has 0 saturated carbocycles. The Morgan fingerprint density at radius 1 is 0.932 bits per heavy atom. The molecule has 2 heterocycles. The quantitative estimate of drug-likeness (QED) is 0.333. The van der Waals surface area contributed by atoms with E-state index >= 15 is 0 Å². The van der Waals surface area contributed by atoms with Crippen LogP contribution in [-0.2, 0) is 6.18 Å². The van der Waals surface area contributed by atoms with Crippen molar-refractivity contribution in [3.05, 3.63) is 76.6 Å². The first-order valence-corrected chi connectivity index (χ1v) is 12.6. The van der Waals surface area contributed by atoms with Gasteiger partial charge in [0.1, 0.15) is 11.6 Å². The Balaban J connectivity index is 1.47.